The molecule has 1 aliphatic heterocycles. The molecule has 28 heavy (non-hydrogen) atoms. The number of carbonyl (C=O) groups excluding carboxylic acids is 1. The zero-order chi connectivity index (χ0) is 20.1. The molecule has 0 unspecified atom stereocenters. The number of aliphatic imine (C=N–C) groups is 2. The topological polar surface area (TPSA) is 120 Å². The minimum absolute atomic E-state index is 0.0513. The van der Waals surface area contributed by atoms with Gasteiger partial charge in [0, 0.05) is 14.1 Å². The average Bonchev–Trinajstić information content (AvgIpc) is 3.12. The van der Waals surface area contributed by atoms with E-state index in [1.807, 2.05) is 0 Å². The summed E-state index contributed by atoms with van der Waals surface area (Å²) in [5, 5.41) is 14.5. The highest BCUT2D eigenvalue weighted by atomic mass is 35.5. The van der Waals surface area contributed by atoms with Crippen LogP contribution in [0.2, 0.25) is 5.02 Å². The largest absolute Gasteiger partial charge is 0.373 e. The fraction of sp³-hybridized carbons (Fsp3) is 0.353. The SMILES string of the molecule is C=NC(=Nc1cc(Cl)c2n(c1=O)N(C)C1(CCC1)NC2=O)c1cn[nH]c1NC. The van der Waals surface area contributed by atoms with Gasteiger partial charge in [0.05, 0.1) is 16.8 Å². The quantitative estimate of drug-likeness (QED) is 0.527. The number of carbonyl (C=O) groups is 1. The summed E-state index contributed by atoms with van der Waals surface area (Å²) in [5.74, 6) is 0.415. The Morgan fingerprint density at radius 3 is 2.79 bits per heavy atom. The number of amidine groups is 1. The predicted octanol–water partition coefficient (Wildman–Crippen LogP) is 1.24. The van der Waals surface area contributed by atoms with Crippen molar-refractivity contribution in [2.45, 2.75) is 24.9 Å². The lowest BCUT2D eigenvalue weighted by molar-refractivity contribution is 0.0700. The van der Waals surface area contributed by atoms with Crippen molar-refractivity contribution in [2.24, 2.45) is 9.98 Å². The van der Waals surface area contributed by atoms with Gasteiger partial charge in [-0.15, -0.1) is 0 Å². The first kappa shape index (κ1) is 18.2. The van der Waals surface area contributed by atoms with Crippen LogP contribution in [0.5, 0.6) is 0 Å². The zero-order valence-corrected chi connectivity index (χ0v) is 16.2. The van der Waals surface area contributed by atoms with Gasteiger partial charge >= 0.3 is 0 Å². The van der Waals surface area contributed by atoms with Crippen LogP contribution in [0.4, 0.5) is 11.5 Å². The Hall–Kier alpha value is -3.14. The summed E-state index contributed by atoms with van der Waals surface area (Å²) in [5.41, 5.74) is -0.326. The summed E-state index contributed by atoms with van der Waals surface area (Å²) < 4.78 is 1.30. The third-order valence-electron chi connectivity index (χ3n) is 5.28. The molecule has 0 bridgehead atoms. The molecule has 3 heterocycles. The van der Waals surface area contributed by atoms with E-state index in [0.29, 0.717) is 11.4 Å². The van der Waals surface area contributed by atoms with Crippen LogP contribution in [0.3, 0.4) is 0 Å². The van der Waals surface area contributed by atoms with E-state index in [0.717, 1.165) is 19.3 Å². The van der Waals surface area contributed by atoms with Crippen LogP contribution in [0.1, 0.15) is 35.3 Å². The van der Waals surface area contributed by atoms with Gasteiger partial charge in [0.15, 0.2) is 5.84 Å². The minimum Gasteiger partial charge on any atom is -0.373 e. The summed E-state index contributed by atoms with van der Waals surface area (Å²) >= 11 is 6.35. The second kappa shape index (κ2) is 6.48. The number of aromatic nitrogens is 3. The summed E-state index contributed by atoms with van der Waals surface area (Å²) in [6.45, 7) is 3.53. The van der Waals surface area contributed by atoms with E-state index in [-0.39, 0.29) is 28.1 Å². The molecule has 1 fully saturated rings. The van der Waals surface area contributed by atoms with Gasteiger partial charge < -0.3 is 10.6 Å². The molecule has 1 aliphatic carbocycles. The molecule has 0 aromatic carbocycles. The first-order valence-corrected chi connectivity index (χ1v) is 9.09. The van der Waals surface area contributed by atoms with Crippen molar-refractivity contribution in [3.63, 3.8) is 0 Å². The molecule has 2 aromatic rings. The van der Waals surface area contributed by atoms with Gasteiger partial charge in [-0.3, -0.25) is 19.7 Å². The standard InChI is InChI=1S/C17H19ClN8O2/c1-19-13(9-8-21-24-14(9)20-2)22-11-7-10(18)12-15(27)23-17(5-4-6-17)25(3)26(12)16(11)28/h7-8H,1,4-6H2,2-3H3,(H,23,27)(H2,20,21,24). The molecule has 3 N–H and O–H groups in total. The Morgan fingerprint density at radius 2 is 2.18 bits per heavy atom. The molecule has 0 radical (unpaired) electrons. The number of hydrogen-bond acceptors (Lipinski definition) is 6. The van der Waals surface area contributed by atoms with Crippen LogP contribution >= 0.6 is 11.6 Å². The normalized spacial score (nSPS) is 17.8. The maximum atomic E-state index is 13.2. The third-order valence-corrected chi connectivity index (χ3v) is 5.57. The molecule has 2 aromatic heterocycles. The highest BCUT2D eigenvalue weighted by Gasteiger charge is 2.48. The van der Waals surface area contributed by atoms with Crippen LogP contribution in [0.15, 0.2) is 27.0 Å². The maximum absolute atomic E-state index is 13.2. The molecule has 1 saturated carbocycles. The molecule has 146 valence electrons. The molecule has 0 saturated heterocycles. The van der Waals surface area contributed by atoms with Gasteiger partial charge in [0.1, 0.15) is 22.9 Å². The molecular formula is C17H19ClN8O2. The van der Waals surface area contributed by atoms with Crippen molar-refractivity contribution in [1.29, 1.82) is 0 Å². The predicted molar refractivity (Wildman–Crippen MR) is 108 cm³/mol. The monoisotopic (exact) mass is 402 g/mol. The van der Waals surface area contributed by atoms with Crippen LogP contribution in [0, 0.1) is 0 Å². The highest BCUT2D eigenvalue weighted by Crippen LogP contribution is 2.37. The summed E-state index contributed by atoms with van der Waals surface area (Å²) in [7, 11) is 3.48. The maximum Gasteiger partial charge on any atom is 0.295 e. The molecular weight excluding hydrogens is 384 g/mol. The smallest absolute Gasteiger partial charge is 0.295 e. The van der Waals surface area contributed by atoms with E-state index in [4.69, 9.17) is 11.6 Å². The van der Waals surface area contributed by atoms with Crippen molar-refractivity contribution in [1.82, 2.24) is 20.2 Å². The Labute approximate surface area is 165 Å². The van der Waals surface area contributed by atoms with Crippen LogP contribution in [-0.4, -0.2) is 53.1 Å². The first-order valence-electron chi connectivity index (χ1n) is 8.71. The van der Waals surface area contributed by atoms with Gasteiger partial charge in [-0.05, 0) is 32.0 Å². The van der Waals surface area contributed by atoms with E-state index >= 15 is 0 Å². The Balaban J connectivity index is 1.89. The summed E-state index contributed by atoms with van der Waals surface area (Å²) in [4.78, 5) is 34.1. The van der Waals surface area contributed by atoms with Crippen LogP contribution < -0.4 is 21.2 Å². The van der Waals surface area contributed by atoms with Gasteiger partial charge in [-0.1, -0.05) is 11.6 Å². The second-order valence-electron chi connectivity index (χ2n) is 6.71. The third kappa shape index (κ3) is 2.52. The fourth-order valence-electron chi connectivity index (χ4n) is 3.58. The first-order chi connectivity index (χ1) is 13.4. The number of anilines is 1. The molecule has 11 heteroatoms. The number of rotatable bonds is 3. The number of nitrogens with one attached hydrogen (secondary N) is 3. The minimum atomic E-state index is -0.567. The van der Waals surface area contributed by atoms with Gasteiger partial charge in [0.2, 0.25) is 0 Å². The molecule has 2 aliphatic rings. The van der Waals surface area contributed by atoms with E-state index < -0.39 is 11.2 Å². The molecule has 1 amide bonds. The number of fused-ring (bicyclic) bond motifs is 1. The summed E-state index contributed by atoms with van der Waals surface area (Å²) in [6.07, 6.45) is 4.01. The molecule has 10 nitrogen and oxygen atoms in total. The number of H-pyrrole nitrogens is 1. The Bertz CT molecular complexity index is 1070. The van der Waals surface area contributed by atoms with E-state index in [1.54, 1.807) is 19.1 Å². The zero-order valence-electron chi connectivity index (χ0n) is 15.4. The molecule has 0 atom stereocenters. The summed E-state index contributed by atoms with van der Waals surface area (Å²) in [6, 6.07) is 1.37. The highest BCUT2D eigenvalue weighted by molar-refractivity contribution is 6.34. The number of nitrogens with zero attached hydrogens (tertiary/aromatic N) is 5. The number of amides is 1. The van der Waals surface area contributed by atoms with E-state index in [9.17, 15) is 9.59 Å². The van der Waals surface area contributed by atoms with E-state index in [1.165, 1.54) is 16.9 Å². The van der Waals surface area contributed by atoms with Crippen LogP contribution in [-0.2, 0) is 0 Å². The fourth-order valence-corrected chi connectivity index (χ4v) is 3.85. The van der Waals surface area contributed by atoms with Crippen molar-refractivity contribution >= 4 is 41.6 Å². The van der Waals surface area contributed by atoms with Crippen molar-refractivity contribution in [2.75, 3.05) is 24.4 Å². The number of hydrogen-bond donors (Lipinski definition) is 3. The average molecular weight is 403 g/mol. The van der Waals surface area contributed by atoms with Gasteiger partial charge in [-0.2, -0.15) is 5.10 Å². The van der Waals surface area contributed by atoms with Gasteiger partial charge in [0.25, 0.3) is 11.5 Å². The van der Waals surface area contributed by atoms with Crippen molar-refractivity contribution in [3.05, 3.63) is 38.9 Å². The Morgan fingerprint density at radius 1 is 1.43 bits per heavy atom. The number of halogens is 1. The van der Waals surface area contributed by atoms with Crippen molar-refractivity contribution in [3.8, 4) is 0 Å². The number of aromatic amines is 1. The number of pyridine rings is 1. The molecule has 1 spiro atoms. The second-order valence-corrected chi connectivity index (χ2v) is 7.12. The van der Waals surface area contributed by atoms with Crippen LogP contribution in [0.25, 0.3) is 0 Å². The lowest BCUT2D eigenvalue weighted by Gasteiger charge is -2.53. The van der Waals surface area contributed by atoms with Gasteiger partial charge in [-0.25, -0.2) is 14.7 Å². The lowest BCUT2D eigenvalue weighted by atomic mass is 9.83. The Kier molecular flexibility index (Phi) is 4.22. The van der Waals surface area contributed by atoms with Crippen molar-refractivity contribution < 1.29 is 4.79 Å². The lowest BCUT2D eigenvalue weighted by Crippen LogP contribution is -2.72. The van der Waals surface area contributed by atoms with E-state index in [2.05, 4.69) is 37.5 Å². The molecule has 4 rings (SSSR count).